The van der Waals surface area contributed by atoms with E-state index in [1.165, 1.54) is 5.56 Å². The van der Waals surface area contributed by atoms with Gasteiger partial charge in [-0.3, -0.25) is 4.79 Å². The Morgan fingerprint density at radius 3 is 2.53 bits per heavy atom. The summed E-state index contributed by atoms with van der Waals surface area (Å²) in [5, 5.41) is 3.24. The molecule has 3 N–H and O–H groups in total. The number of halogens is 1. The Balaban J connectivity index is 1.83. The van der Waals surface area contributed by atoms with Gasteiger partial charge in [-0.05, 0) is 43.4 Å². The lowest BCUT2D eigenvalue weighted by Gasteiger charge is -2.37. The number of rotatable bonds is 4. The molecule has 0 spiro atoms. The van der Waals surface area contributed by atoms with E-state index in [1.54, 1.807) is 0 Å². The van der Waals surface area contributed by atoms with E-state index in [0.29, 0.717) is 12.0 Å². The number of benzene rings is 1. The first-order chi connectivity index (χ1) is 8.06. The van der Waals surface area contributed by atoms with Gasteiger partial charge in [0.2, 0.25) is 5.91 Å². The molecule has 3 nitrogen and oxygen atoms in total. The van der Waals surface area contributed by atoms with Crippen molar-refractivity contribution >= 4 is 21.8 Å². The van der Waals surface area contributed by atoms with Crippen molar-refractivity contribution in [2.45, 2.75) is 37.8 Å². The summed E-state index contributed by atoms with van der Waals surface area (Å²) in [7, 11) is 0. The minimum absolute atomic E-state index is 0.231. The molecule has 1 atom stereocenters. The van der Waals surface area contributed by atoms with Crippen LogP contribution in [-0.2, 0) is 4.79 Å². The van der Waals surface area contributed by atoms with Crippen molar-refractivity contribution in [3.05, 3.63) is 34.3 Å². The van der Waals surface area contributed by atoms with Gasteiger partial charge in [0.15, 0.2) is 0 Å². The first-order valence-electron chi connectivity index (χ1n) is 5.87. The van der Waals surface area contributed by atoms with Crippen LogP contribution in [0.1, 0.15) is 31.2 Å². The molecule has 0 heterocycles. The Morgan fingerprint density at radius 2 is 2.00 bits per heavy atom. The van der Waals surface area contributed by atoms with Crippen molar-refractivity contribution in [1.29, 1.82) is 0 Å². The minimum atomic E-state index is -0.280. The number of carbonyl (C=O) groups excluding carboxylic acids is 1. The topological polar surface area (TPSA) is 55.1 Å². The number of nitrogens with one attached hydrogen (secondary N) is 1. The number of nitrogens with two attached hydrogens (primary N) is 1. The summed E-state index contributed by atoms with van der Waals surface area (Å²) in [6.07, 6.45) is 2.17. The van der Waals surface area contributed by atoms with E-state index in [9.17, 15) is 4.79 Å². The van der Waals surface area contributed by atoms with Gasteiger partial charge in [0, 0.05) is 10.5 Å². The van der Waals surface area contributed by atoms with E-state index in [-0.39, 0.29) is 11.9 Å². The largest absolute Gasteiger partial charge is 0.368 e. The van der Waals surface area contributed by atoms with Crippen LogP contribution in [0.3, 0.4) is 0 Å². The van der Waals surface area contributed by atoms with Crippen LogP contribution in [0.25, 0.3) is 0 Å². The van der Waals surface area contributed by atoms with Gasteiger partial charge >= 0.3 is 0 Å². The molecule has 92 valence electrons. The lowest BCUT2D eigenvalue weighted by Crippen LogP contribution is -2.49. The molecule has 1 unspecified atom stereocenters. The first kappa shape index (κ1) is 12.6. The molecule has 1 aromatic rings. The molecule has 1 fully saturated rings. The molecule has 2 rings (SSSR count). The van der Waals surface area contributed by atoms with E-state index in [1.807, 2.05) is 6.92 Å². The highest BCUT2D eigenvalue weighted by Gasteiger charge is 2.31. The number of hydrogen-bond donors (Lipinski definition) is 2. The van der Waals surface area contributed by atoms with Crippen molar-refractivity contribution in [2.75, 3.05) is 0 Å². The third-order valence-electron chi connectivity index (χ3n) is 3.39. The highest BCUT2D eigenvalue weighted by molar-refractivity contribution is 9.10. The standard InChI is InChI=1S/C13H17BrN2O/c1-8(13(15)17)16-12-6-10(7-12)9-2-4-11(14)5-3-9/h2-5,8,10,12,16H,6-7H2,1H3,(H2,15,17). The molecule has 1 aliphatic carbocycles. The lowest BCUT2D eigenvalue weighted by atomic mass is 9.75. The van der Waals surface area contributed by atoms with Crippen LogP contribution < -0.4 is 11.1 Å². The molecule has 0 radical (unpaired) electrons. The maximum atomic E-state index is 10.9. The smallest absolute Gasteiger partial charge is 0.234 e. The predicted molar refractivity (Wildman–Crippen MR) is 71.7 cm³/mol. The number of carbonyl (C=O) groups is 1. The molecule has 0 aliphatic heterocycles. The highest BCUT2D eigenvalue weighted by Crippen LogP contribution is 2.37. The third-order valence-corrected chi connectivity index (χ3v) is 3.92. The van der Waals surface area contributed by atoms with Crippen LogP contribution in [0.5, 0.6) is 0 Å². The zero-order valence-corrected chi connectivity index (χ0v) is 11.4. The van der Waals surface area contributed by atoms with E-state index in [0.717, 1.165) is 17.3 Å². The van der Waals surface area contributed by atoms with Crippen molar-refractivity contribution in [3.8, 4) is 0 Å². The Labute approximate surface area is 110 Å². The molecular weight excluding hydrogens is 280 g/mol. The van der Waals surface area contributed by atoms with Crippen molar-refractivity contribution in [3.63, 3.8) is 0 Å². The van der Waals surface area contributed by atoms with E-state index >= 15 is 0 Å². The fourth-order valence-corrected chi connectivity index (χ4v) is 2.46. The number of primary amides is 1. The van der Waals surface area contributed by atoms with Gasteiger partial charge in [0.1, 0.15) is 0 Å². The SMILES string of the molecule is CC(NC1CC(c2ccc(Br)cc2)C1)C(N)=O. The van der Waals surface area contributed by atoms with Crippen LogP contribution in [-0.4, -0.2) is 18.0 Å². The van der Waals surface area contributed by atoms with Gasteiger partial charge in [0.05, 0.1) is 6.04 Å². The van der Waals surface area contributed by atoms with Crippen LogP contribution in [0, 0.1) is 0 Å². The fraction of sp³-hybridized carbons (Fsp3) is 0.462. The van der Waals surface area contributed by atoms with Crippen LogP contribution in [0.15, 0.2) is 28.7 Å². The molecule has 1 aliphatic rings. The molecule has 0 aromatic heterocycles. The number of amides is 1. The van der Waals surface area contributed by atoms with Crippen molar-refractivity contribution < 1.29 is 4.79 Å². The average Bonchev–Trinajstić information content (AvgIpc) is 2.24. The van der Waals surface area contributed by atoms with Crippen LogP contribution >= 0.6 is 15.9 Å². The Morgan fingerprint density at radius 1 is 1.41 bits per heavy atom. The summed E-state index contributed by atoms with van der Waals surface area (Å²) < 4.78 is 1.11. The second-order valence-electron chi connectivity index (χ2n) is 4.71. The molecule has 1 amide bonds. The quantitative estimate of drug-likeness (QED) is 0.895. The monoisotopic (exact) mass is 296 g/mol. The molecule has 1 aromatic carbocycles. The second-order valence-corrected chi connectivity index (χ2v) is 5.62. The Hall–Kier alpha value is -0.870. The summed E-state index contributed by atoms with van der Waals surface area (Å²) in [6, 6.07) is 8.65. The number of hydrogen-bond acceptors (Lipinski definition) is 2. The van der Waals surface area contributed by atoms with Crippen LogP contribution in [0.4, 0.5) is 0 Å². The zero-order chi connectivity index (χ0) is 12.4. The zero-order valence-electron chi connectivity index (χ0n) is 9.82. The fourth-order valence-electron chi connectivity index (χ4n) is 2.20. The van der Waals surface area contributed by atoms with Gasteiger partial charge in [0.25, 0.3) is 0 Å². The lowest BCUT2D eigenvalue weighted by molar-refractivity contribution is -0.120. The van der Waals surface area contributed by atoms with E-state index in [2.05, 4.69) is 45.5 Å². The molecule has 17 heavy (non-hydrogen) atoms. The first-order valence-corrected chi connectivity index (χ1v) is 6.66. The molecule has 4 heteroatoms. The van der Waals surface area contributed by atoms with Gasteiger partial charge in [-0.2, -0.15) is 0 Å². The minimum Gasteiger partial charge on any atom is -0.368 e. The van der Waals surface area contributed by atoms with E-state index in [4.69, 9.17) is 5.73 Å². The van der Waals surface area contributed by atoms with Gasteiger partial charge in [-0.15, -0.1) is 0 Å². The summed E-state index contributed by atoms with van der Waals surface area (Å²) >= 11 is 3.43. The highest BCUT2D eigenvalue weighted by atomic mass is 79.9. The summed E-state index contributed by atoms with van der Waals surface area (Å²) in [5.41, 5.74) is 6.59. The van der Waals surface area contributed by atoms with Crippen molar-refractivity contribution in [2.24, 2.45) is 5.73 Å². The summed E-state index contributed by atoms with van der Waals surface area (Å²) in [4.78, 5) is 10.9. The van der Waals surface area contributed by atoms with Gasteiger partial charge in [-0.25, -0.2) is 0 Å². The second kappa shape index (κ2) is 5.19. The molecule has 0 bridgehead atoms. The summed E-state index contributed by atoms with van der Waals surface area (Å²) in [5.74, 6) is 0.331. The Bertz CT molecular complexity index is 398. The Kier molecular flexibility index (Phi) is 3.84. The van der Waals surface area contributed by atoms with Gasteiger partial charge in [-0.1, -0.05) is 28.1 Å². The predicted octanol–water partition coefficient (Wildman–Crippen LogP) is 2.16. The van der Waals surface area contributed by atoms with Crippen molar-refractivity contribution in [1.82, 2.24) is 5.32 Å². The molecular formula is C13H17BrN2O. The maximum Gasteiger partial charge on any atom is 0.234 e. The summed E-state index contributed by atoms with van der Waals surface area (Å²) in [6.45, 7) is 1.81. The van der Waals surface area contributed by atoms with E-state index < -0.39 is 0 Å². The maximum absolute atomic E-state index is 10.9. The van der Waals surface area contributed by atoms with Crippen LogP contribution in [0.2, 0.25) is 0 Å². The van der Waals surface area contributed by atoms with Gasteiger partial charge < -0.3 is 11.1 Å². The third kappa shape index (κ3) is 3.07. The average molecular weight is 297 g/mol. The molecule has 1 saturated carbocycles. The molecule has 0 saturated heterocycles. The normalized spacial score (nSPS) is 25.1.